The number of rotatable bonds is 17. The summed E-state index contributed by atoms with van der Waals surface area (Å²) in [5, 5.41) is 5.43. The summed E-state index contributed by atoms with van der Waals surface area (Å²) < 4.78 is 33.0. The van der Waals surface area contributed by atoms with E-state index in [2.05, 4.69) is 17.2 Å². The van der Waals surface area contributed by atoms with E-state index in [-0.39, 0.29) is 42.6 Å². The number of carbonyl (C=O) groups is 4. The second kappa shape index (κ2) is 18.7. The molecule has 0 heterocycles. The molecule has 2 unspecified atom stereocenters. The topological polar surface area (TPSA) is 148 Å². The van der Waals surface area contributed by atoms with Crippen LogP contribution in [0.25, 0.3) is 0 Å². The van der Waals surface area contributed by atoms with Crippen LogP contribution < -0.4 is 24.8 Å². The van der Waals surface area contributed by atoms with E-state index in [4.69, 9.17) is 28.4 Å². The summed E-state index contributed by atoms with van der Waals surface area (Å²) >= 11 is 0. The summed E-state index contributed by atoms with van der Waals surface area (Å²) in [4.78, 5) is 52.3. The highest BCUT2D eigenvalue weighted by Crippen LogP contribution is 2.35. The Morgan fingerprint density at radius 3 is 2.02 bits per heavy atom. The van der Waals surface area contributed by atoms with E-state index in [1.807, 2.05) is 36.4 Å². The first kappa shape index (κ1) is 37.9. The zero-order chi connectivity index (χ0) is 35.8. The summed E-state index contributed by atoms with van der Waals surface area (Å²) in [6, 6.07) is 19.3. The lowest BCUT2D eigenvalue weighted by Gasteiger charge is -2.25. The van der Waals surface area contributed by atoms with Crippen molar-refractivity contribution in [2.45, 2.75) is 57.9 Å². The summed E-state index contributed by atoms with van der Waals surface area (Å²) in [7, 11) is 2.83. The predicted molar refractivity (Wildman–Crippen MR) is 182 cm³/mol. The maximum atomic E-state index is 13.8. The number of esters is 2. The van der Waals surface area contributed by atoms with Crippen LogP contribution in [0.2, 0.25) is 0 Å². The van der Waals surface area contributed by atoms with Gasteiger partial charge < -0.3 is 39.1 Å². The van der Waals surface area contributed by atoms with E-state index < -0.39 is 48.0 Å². The van der Waals surface area contributed by atoms with Gasteiger partial charge in [-0.2, -0.15) is 0 Å². The fraction of sp³-hybridized carbons (Fsp3) is 0.351. The van der Waals surface area contributed by atoms with Gasteiger partial charge in [-0.25, -0.2) is 9.59 Å². The molecule has 0 aliphatic rings. The third-order valence-electron chi connectivity index (χ3n) is 6.76. The lowest BCUT2D eigenvalue weighted by atomic mass is 10.1. The molecule has 3 rings (SSSR count). The Bertz CT molecular complexity index is 1550. The lowest BCUT2D eigenvalue weighted by molar-refractivity contribution is -0.152. The van der Waals surface area contributed by atoms with Crippen molar-refractivity contribution in [3.05, 3.63) is 102 Å². The fourth-order valence-corrected chi connectivity index (χ4v) is 4.51. The number of alkyl carbamates (subject to hydrolysis) is 1. The fourth-order valence-electron chi connectivity index (χ4n) is 4.51. The SMILES string of the molecule is C=CCOC(=O)CC(NC(=O)c1cc(OC)c(OC)cc1OCC(Cc1ccccc1)NC(=O)OC(C)(C)C)C(=O)OCc1ccccc1. The van der Waals surface area contributed by atoms with Crippen LogP contribution in [0.3, 0.4) is 0 Å². The van der Waals surface area contributed by atoms with Gasteiger partial charge >= 0.3 is 18.0 Å². The Labute approximate surface area is 286 Å². The largest absolute Gasteiger partial charge is 0.493 e. The number of benzene rings is 3. The minimum absolute atomic E-state index is 0.0336. The van der Waals surface area contributed by atoms with Crippen molar-refractivity contribution >= 4 is 23.9 Å². The Hall–Kier alpha value is -5.52. The molecule has 2 atom stereocenters. The molecule has 0 bridgehead atoms. The molecule has 0 spiro atoms. The summed E-state index contributed by atoms with van der Waals surface area (Å²) in [6.07, 6.45) is 0.629. The standard InChI is InChI=1S/C37H44N2O10/c1-7-18-46-33(40)21-29(35(42)48-23-26-16-12-9-13-17-26)39-34(41)28-20-31(44-5)32(45-6)22-30(28)47-24-27(19-25-14-10-8-11-15-25)38-36(43)49-37(2,3)4/h7-17,20,22,27,29H,1,18-19,21,23-24H2,2-6H3,(H,38,43)(H,39,41). The maximum absolute atomic E-state index is 13.8. The van der Waals surface area contributed by atoms with Crippen LogP contribution in [-0.2, 0) is 36.8 Å². The molecule has 3 aromatic rings. The summed E-state index contributed by atoms with van der Waals surface area (Å²) in [6.45, 7) is 8.55. The molecular formula is C37H44N2O10. The molecule has 0 saturated carbocycles. The van der Waals surface area contributed by atoms with Crippen LogP contribution >= 0.6 is 0 Å². The van der Waals surface area contributed by atoms with Crippen molar-refractivity contribution in [1.82, 2.24) is 10.6 Å². The Morgan fingerprint density at radius 1 is 0.816 bits per heavy atom. The van der Waals surface area contributed by atoms with E-state index in [1.165, 1.54) is 32.4 Å². The zero-order valence-corrected chi connectivity index (χ0v) is 28.5. The van der Waals surface area contributed by atoms with Crippen LogP contribution in [0, 0.1) is 0 Å². The second-order valence-electron chi connectivity index (χ2n) is 11.8. The molecule has 12 heteroatoms. The Balaban J connectivity index is 1.89. The van der Waals surface area contributed by atoms with E-state index in [1.54, 1.807) is 45.0 Å². The second-order valence-corrected chi connectivity index (χ2v) is 11.8. The van der Waals surface area contributed by atoms with Crippen molar-refractivity contribution in [3.63, 3.8) is 0 Å². The van der Waals surface area contributed by atoms with Gasteiger partial charge in [-0.1, -0.05) is 73.3 Å². The molecule has 0 aliphatic carbocycles. The first-order valence-corrected chi connectivity index (χ1v) is 15.6. The van der Waals surface area contributed by atoms with Crippen LogP contribution in [0.4, 0.5) is 4.79 Å². The quantitative estimate of drug-likeness (QED) is 0.111. The highest BCUT2D eigenvalue weighted by molar-refractivity contribution is 6.00. The molecule has 12 nitrogen and oxygen atoms in total. The molecule has 0 aliphatic heterocycles. The molecule has 0 saturated heterocycles. The number of hydrogen-bond donors (Lipinski definition) is 2. The molecule has 0 aromatic heterocycles. The third kappa shape index (κ3) is 12.9. The molecule has 49 heavy (non-hydrogen) atoms. The van der Waals surface area contributed by atoms with Gasteiger partial charge in [0.05, 0.1) is 32.2 Å². The van der Waals surface area contributed by atoms with Crippen molar-refractivity contribution in [2.75, 3.05) is 27.4 Å². The van der Waals surface area contributed by atoms with Crippen molar-refractivity contribution in [2.24, 2.45) is 0 Å². The maximum Gasteiger partial charge on any atom is 0.408 e. The minimum Gasteiger partial charge on any atom is -0.493 e. The number of methoxy groups -OCH3 is 2. The Kier molecular flexibility index (Phi) is 14.5. The monoisotopic (exact) mass is 676 g/mol. The van der Waals surface area contributed by atoms with E-state index in [0.29, 0.717) is 6.42 Å². The lowest BCUT2D eigenvalue weighted by Crippen LogP contribution is -2.44. The van der Waals surface area contributed by atoms with Gasteiger partial charge in [0.25, 0.3) is 5.91 Å². The van der Waals surface area contributed by atoms with Crippen LogP contribution in [0.15, 0.2) is 85.5 Å². The minimum atomic E-state index is -1.41. The third-order valence-corrected chi connectivity index (χ3v) is 6.76. The highest BCUT2D eigenvalue weighted by atomic mass is 16.6. The van der Waals surface area contributed by atoms with E-state index in [0.717, 1.165) is 11.1 Å². The summed E-state index contributed by atoms with van der Waals surface area (Å²) in [5.41, 5.74) is 0.885. The Morgan fingerprint density at radius 2 is 1.43 bits per heavy atom. The van der Waals surface area contributed by atoms with Gasteiger partial charge in [-0.05, 0) is 38.3 Å². The molecule has 3 aromatic carbocycles. The number of hydrogen-bond acceptors (Lipinski definition) is 10. The van der Waals surface area contributed by atoms with Gasteiger partial charge in [0, 0.05) is 12.1 Å². The molecule has 0 radical (unpaired) electrons. The van der Waals surface area contributed by atoms with Gasteiger partial charge in [0.15, 0.2) is 11.5 Å². The van der Waals surface area contributed by atoms with Gasteiger partial charge in [0.2, 0.25) is 0 Å². The van der Waals surface area contributed by atoms with Crippen LogP contribution in [-0.4, -0.2) is 69.1 Å². The molecule has 2 amide bonds. The number of amides is 2. The van der Waals surface area contributed by atoms with Crippen molar-refractivity contribution < 1.29 is 47.6 Å². The van der Waals surface area contributed by atoms with E-state index >= 15 is 0 Å². The number of ether oxygens (including phenoxy) is 6. The van der Waals surface area contributed by atoms with Crippen molar-refractivity contribution in [3.8, 4) is 17.2 Å². The molecule has 262 valence electrons. The number of nitrogens with one attached hydrogen (secondary N) is 2. The van der Waals surface area contributed by atoms with Crippen molar-refractivity contribution in [1.29, 1.82) is 0 Å². The first-order chi connectivity index (χ1) is 23.4. The van der Waals surface area contributed by atoms with Gasteiger partial charge in [-0.3, -0.25) is 9.59 Å². The summed E-state index contributed by atoms with van der Waals surface area (Å²) in [5.74, 6) is -1.83. The molecule has 0 fully saturated rings. The molecule has 2 N–H and O–H groups in total. The van der Waals surface area contributed by atoms with Gasteiger partial charge in [-0.15, -0.1) is 0 Å². The zero-order valence-electron chi connectivity index (χ0n) is 28.5. The number of carbonyl (C=O) groups excluding carboxylic acids is 4. The van der Waals surface area contributed by atoms with Gasteiger partial charge in [0.1, 0.15) is 37.2 Å². The first-order valence-electron chi connectivity index (χ1n) is 15.6. The smallest absolute Gasteiger partial charge is 0.408 e. The average molecular weight is 677 g/mol. The normalized spacial score (nSPS) is 12.0. The highest BCUT2D eigenvalue weighted by Gasteiger charge is 2.29. The van der Waals surface area contributed by atoms with Crippen LogP contribution in [0.1, 0.15) is 48.7 Å². The molecular weight excluding hydrogens is 632 g/mol. The van der Waals surface area contributed by atoms with Crippen LogP contribution in [0.5, 0.6) is 17.2 Å². The van der Waals surface area contributed by atoms with E-state index in [9.17, 15) is 19.2 Å². The predicted octanol–water partition coefficient (Wildman–Crippen LogP) is 5.18. The average Bonchev–Trinajstić information content (AvgIpc) is 3.07.